The maximum Gasteiger partial charge on any atom is 0.276 e. The summed E-state index contributed by atoms with van der Waals surface area (Å²) in [7, 11) is -3.74. The van der Waals surface area contributed by atoms with Crippen molar-refractivity contribution in [1.29, 1.82) is 0 Å². The van der Waals surface area contributed by atoms with Gasteiger partial charge in [-0.2, -0.15) is 0 Å². The maximum absolute atomic E-state index is 13.3. The molecule has 5 rings (SSSR count). The molecular formula is C29H36N4O4S2. The van der Waals surface area contributed by atoms with Gasteiger partial charge in [0.05, 0.1) is 15.5 Å². The van der Waals surface area contributed by atoms with E-state index in [1.807, 2.05) is 51.1 Å². The van der Waals surface area contributed by atoms with E-state index in [1.165, 1.54) is 43.4 Å². The lowest BCUT2D eigenvalue weighted by atomic mass is 9.85. The molecule has 0 unspecified atom stereocenters. The number of thiazole rings is 1. The van der Waals surface area contributed by atoms with Crippen molar-refractivity contribution in [1.82, 2.24) is 19.9 Å². The van der Waals surface area contributed by atoms with Gasteiger partial charge in [-0.3, -0.25) is 0 Å². The van der Waals surface area contributed by atoms with Crippen LogP contribution in [0.5, 0.6) is 0 Å². The van der Waals surface area contributed by atoms with Crippen LogP contribution in [0, 0.1) is 5.92 Å². The molecule has 2 aromatic carbocycles. The molecule has 39 heavy (non-hydrogen) atoms. The van der Waals surface area contributed by atoms with Crippen LogP contribution in [-0.4, -0.2) is 34.2 Å². The lowest BCUT2D eigenvalue weighted by Crippen LogP contribution is -2.40. The Bertz CT molecular complexity index is 1590. The van der Waals surface area contributed by atoms with E-state index in [-0.39, 0.29) is 16.7 Å². The van der Waals surface area contributed by atoms with E-state index in [4.69, 9.17) is 9.40 Å². The van der Waals surface area contributed by atoms with Crippen LogP contribution in [0.4, 0.5) is 0 Å². The summed E-state index contributed by atoms with van der Waals surface area (Å²) in [5.41, 5.74) is 0.0230. The fourth-order valence-electron chi connectivity index (χ4n) is 5.18. The maximum atomic E-state index is 13.3. The molecule has 0 aliphatic heterocycles. The first-order valence-corrected chi connectivity index (χ1v) is 15.7. The van der Waals surface area contributed by atoms with Crippen molar-refractivity contribution in [2.75, 3.05) is 0 Å². The van der Waals surface area contributed by atoms with E-state index in [9.17, 15) is 13.5 Å². The van der Waals surface area contributed by atoms with Gasteiger partial charge in [0, 0.05) is 16.5 Å². The molecule has 0 radical (unpaired) electrons. The Morgan fingerprint density at radius 2 is 1.69 bits per heavy atom. The molecule has 4 aromatic rings. The molecule has 0 bridgehead atoms. The number of hydrogen-bond donors (Lipinski definition) is 2. The first kappa shape index (κ1) is 27.9. The van der Waals surface area contributed by atoms with E-state index < -0.39 is 21.2 Å². The van der Waals surface area contributed by atoms with Crippen molar-refractivity contribution >= 4 is 32.1 Å². The van der Waals surface area contributed by atoms with Crippen LogP contribution < -0.4 is 4.72 Å². The third kappa shape index (κ3) is 6.09. The first-order chi connectivity index (χ1) is 18.3. The fourth-order valence-corrected chi connectivity index (χ4v) is 7.86. The average Bonchev–Trinajstić information content (AvgIpc) is 3.50. The number of rotatable bonds is 7. The largest absolute Gasteiger partial charge is 0.415 e. The Morgan fingerprint density at radius 3 is 2.33 bits per heavy atom. The summed E-state index contributed by atoms with van der Waals surface area (Å²) >= 11 is 1.46. The Morgan fingerprint density at radius 1 is 1.00 bits per heavy atom. The Labute approximate surface area is 233 Å². The molecule has 1 aliphatic carbocycles. The van der Waals surface area contributed by atoms with Crippen LogP contribution in [0.1, 0.15) is 78.3 Å². The van der Waals surface area contributed by atoms with Gasteiger partial charge in [-0.05, 0) is 58.4 Å². The summed E-state index contributed by atoms with van der Waals surface area (Å²) in [6.07, 6.45) is 6.91. The summed E-state index contributed by atoms with van der Waals surface area (Å²) in [6.45, 7) is 8.69. The summed E-state index contributed by atoms with van der Waals surface area (Å²) < 4.78 is 35.3. The van der Waals surface area contributed by atoms with Crippen LogP contribution >= 0.6 is 11.3 Å². The molecule has 0 atom stereocenters. The summed E-state index contributed by atoms with van der Waals surface area (Å²) in [5.74, 6) is 0.949. The minimum Gasteiger partial charge on any atom is -0.415 e. The number of aromatic nitrogens is 3. The molecular weight excluding hydrogens is 532 g/mol. The monoisotopic (exact) mass is 568 g/mol. The molecule has 0 spiro atoms. The number of nitrogens with zero attached hydrogens (tertiary/aromatic N) is 3. The molecule has 1 fully saturated rings. The fraction of sp³-hybridized carbons (Fsp3) is 0.483. The molecule has 0 saturated heterocycles. The number of aliphatic hydroxyl groups is 1. The third-order valence-electron chi connectivity index (χ3n) is 6.89. The van der Waals surface area contributed by atoms with E-state index in [2.05, 4.69) is 14.9 Å². The van der Waals surface area contributed by atoms with Crippen molar-refractivity contribution < 1.29 is 17.9 Å². The molecule has 10 heteroatoms. The van der Waals surface area contributed by atoms with Crippen molar-refractivity contribution in [2.45, 2.75) is 89.2 Å². The third-order valence-corrected chi connectivity index (χ3v) is 9.83. The highest BCUT2D eigenvalue weighted by atomic mass is 32.2. The number of fused-ring (bicyclic) bond motifs is 1. The van der Waals surface area contributed by atoms with E-state index in [1.54, 1.807) is 19.9 Å². The van der Waals surface area contributed by atoms with E-state index in [0.717, 1.165) is 27.9 Å². The Balaban J connectivity index is 1.65. The quantitative estimate of drug-likeness (QED) is 0.263. The zero-order valence-electron chi connectivity index (χ0n) is 23.1. The predicted molar refractivity (Wildman–Crippen MR) is 154 cm³/mol. The predicted octanol–water partition coefficient (Wildman–Crippen LogP) is 6.44. The second-order valence-corrected chi connectivity index (χ2v) is 14.6. The van der Waals surface area contributed by atoms with Crippen molar-refractivity contribution in [3.05, 3.63) is 48.0 Å². The molecule has 208 valence electrons. The van der Waals surface area contributed by atoms with Crippen LogP contribution in [0.2, 0.25) is 0 Å². The van der Waals surface area contributed by atoms with Gasteiger partial charge in [-0.15, -0.1) is 21.5 Å². The van der Waals surface area contributed by atoms with Gasteiger partial charge < -0.3 is 9.52 Å². The van der Waals surface area contributed by atoms with Gasteiger partial charge in [0.1, 0.15) is 5.60 Å². The normalized spacial score (nSPS) is 15.7. The van der Waals surface area contributed by atoms with Crippen LogP contribution in [-0.2, 0) is 22.0 Å². The van der Waals surface area contributed by atoms with Crippen LogP contribution in [0.3, 0.4) is 0 Å². The second kappa shape index (κ2) is 10.4. The highest BCUT2D eigenvalue weighted by Gasteiger charge is 2.29. The smallest absolute Gasteiger partial charge is 0.276 e. The SMILES string of the molecule is CC(C)(C)NS(=O)(=O)c1ccc(-c2sc(-c3nnc(C(C)(C)O)o3)nc2CC2CCCCC2)c2ccccc12. The van der Waals surface area contributed by atoms with Gasteiger partial charge in [-0.25, -0.2) is 18.1 Å². The lowest BCUT2D eigenvalue weighted by Gasteiger charge is -2.22. The summed E-state index contributed by atoms with van der Waals surface area (Å²) in [5, 5.41) is 20.6. The Hall–Kier alpha value is -2.66. The van der Waals surface area contributed by atoms with Gasteiger partial charge in [0.25, 0.3) is 5.89 Å². The van der Waals surface area contributed by atoms with Gasteiger partial charge in [0.2, 0.25) is 15.9 Å². The van der Waals surface area contributed by atoms with Crippen LogP contribution in [0.15, 0.2) is 45.7 Å². The van der Waals surface area contributed by atoms with Crippen molar-refractivity contribution in [2.24, 2.45) is 5.92 Å². The van der Waals surface area contributed by atoms with Crippen molar-refractivity contribution in [3.63, 3.8) is 0 Å². The molecule has 1 aliphatic rings. The standard InChI is InChI=1S/C29H36N4O4S2/c1-28(2,3)33-39(35,36)23-16-15-21(19-13-9-10-14-20(19)23)24-22(17-18-11-7-6-8-12-18)30-26(38-24)25-31-32-27(37-25)29(4,5)34/h9-10,13-16,18,33-34H,6-8,11-12,17H2,1-5H3. The number of benzene rings is 2. The topological polar surface area (TPSA) is 118 Å². The lowest BCUT2D eigenvalue weighted by molar-refractivity contribution is 0.0488. The summed E-state index contributed by atoms with van der Waals surface area (Å²) in [4.78, 5) is 6.21. The minimum atomic E-state index is -3.74. The zero-order chi connectivity index (χ0) is 28.0. The zero-order valence-corrected chi connectivity index (χ0v) is 24.7. The van der Waals surface area contributed by atoms with Crippen molar-refractivity contribution in [3.8, 4) is 21.3 Å². The summed E-state index contributed by atoms with van der Waals surface area (Å²) in [6, 6.07) is 11.2. The van der Waals surface area contributed by atoms with E-state index in [0.29, 0.717) is 16.3 Å². The molecule has 2 heterocycles. The average molecular weight is 569 g/mol. The number of nitrogens with one attached hydrogen (secondary N) is 1. The molecule has 8 nitrogen and oxygen atoms in total. The molecule has 2 aromatic heterocycles. The molecule has 2 N–H and O–H groups in total. The highest BCUT2D eigenvalue weighted by molar-refractivity contribution is 7.89. The van der Waals surface area contributed by atoms with Gasteiger partial charge >= 0.3 is 0 Å². The second-order valence-electron chi connectivity index (χ2n) is 12.0. The van der Waals surface area contributed by atoms with E-state index >= 15 is 0 Å². The van der Waals surface area contributed by atoms with Gasteiger partial charge in [0.15, 0.2) is 5.01 Å². The Kier molecular flexibility index (Phi) is 7.43. The van der Waals surface area contributed by atoms with Gasteiger partial charge in [-0.1, -0.05) is 62.4 Å². The number of sulfonamides is 1. The first-order valence-electron chi connectivity index (χ1n) is 13.4. The minimum absolute atomic E-state index is 0.134. The highest BCUT2D eigenvalue weighted by Crippen LogP contribution is 2.42. The molecule has 1 saturated carbocycles. The number of hydrogen-bond acceptors (Lipinski definition) is 8. The van der Waals surface area contributed by atoms with Crippen LogP contribution in [0.25, 0.3) is 32.1 Å². The molecule has 0 amide bonds.